The van der Waals surface area contributed by atoms with Crippen molar-refractivity contribution in [1.82, 2.24) is 4.98 Å². The van der Waals surface area contributed by atoms with E-state index >= 15 is 0 Å². The molecule has 21 heavy (non-hydrogen) atoms. The maximum Gasteiger partial charge on any atom is 0.141 e. The summed E-state index contributed by atoms with van der Waals surface area (Å²) in [6.45, 7) is 0. The summed E-state index contributed by atoms with van der Waals surface area (Å²) in [5.41, 5.74) is 8.80. The number of pyridine rings is 1. The SMILES string of the molecule is Nc1ccc(Nc2ccc(F)c(Cl)c2)c2ncc(Br)cc12. The Morgan fingerprint density at radius 2 is 2.00 bits per heavy atom. The average molecular weight is 367 g/mol. The number of nitrogens with one attached hydrogen (secondary N) is 1. The normalized spacial score (nSPS) is 10.8. The number of aromatic nitrogens is 1. The van der Waals surface area contributed by atoms with Crippen LogP contribution in [0.4, 0.5) is 21.5 Å². The van der Waals surface area contributed by atoms with E-state index in [1.165, 1.54) is 12.1 Å². The molecule has 0 atom stereocenters. The van der Waals surface area contributed by atoms with Gasteiger partial charge in [0, 0.05) is 27.4 Å². The van der Waals surface area contributed by atoms with Crippen molar-refractivity contribution in [2.45, 2.75) is 0 Å². The fraction of sp³-hybridized carbons (Fsp3) is 0. The Hall–Kier alpha value is -1.85. The zero-order valence-corrected chi connectivity index (χ0v) is 13.0. The molecule has 0 bridgehead atoms. The van der Waals surface area contributed by atoms with E-state index in [9.17, 15) is 4.39 Å². The van der Waals surface area contributed by atoms with Crippen LogP contribution in [0, 0.1) is 5.82 Å². The van der Waals surface area contributed by atoms with Gasteiger partial charge in [-0.2, -0.15) is 0 Å². The Morgan fingerprint density at radius 1 is 1.19 bits per heavy atom. The standard InChI is InChI=1S/C15H10BrClFN3/c16-8-5-10-13(19)3-4-14(15(10)20-7-8)21-9-1-2-12(18)11(17)6-9/h1-7,21H,19H2. The average Bonchev–Trinajstić information content (AvgIpc) is 2.46. The topological polar surface area (TPSA) is 50.9 Å². The van der Waals surface area contributed by atoms with Crippen molar-refractivity contribution in [3.8, 4) is 0 Å². The van der Waals surface area contributed by atoms with Gasteiger partial charge in [-0.3, -0.25) is 4.98 Å². The molecule has 3 aromatic rings. The minimum atomic E-state index is -0.452. The molecule has 2 aromatic carbocycles. The molecular weight excluding hydrogens is 357 g/mol. The highest BCUT2D eigenvalue weighted by Gasteiger charge is 2.08. The van der Waals surface area contributed by atoms with Crippen LogP contribution in [0.25, 0.3) is 10.9 Å². The second kappa shape index (κ2) is 5.50. The maximum atomic E-state index is 13.2. The van der Waals surface area contributed by atoms with E-state index in [1.54, 1.807) is 18.3 Å². The van der Waals surface area contributed by atoms with Gasteiger partial charge >= 0.3 is 0 Å². The lowest BCUT2D eigenvalue weighted by molar-refractivity contribution is 0.628. The van der Waals surface area contributed by atoms with Gasteiger partial charge in [-0.15, -0.1) is 0 Å². The molecule has 0 saturated heterocycles. The summed E-state index contributed by atoms with van der Waals surface area (Å²) < 4.78 is 14.0. The summed E-state index contributed by atoms with van der Waals surface area (Å²) >= 11 is 9.17. The Bertz CT molecular complexity index is 839. The van der Waals surface area contributed by atoms with Crippen molar-refractivity contribution >= 4 is 55.5 Å². The molecule has 106 valence electrons. The third-order valence-electron chi connectivity index (χ3n) is 3.05. The van der Waals surface area contributed by atoms with Crippen LogP contribution in [0.2, 0.25) is 5.02 Å². The number of benzene rings is 2. The van der Waals surface area contributed by atoms with Gasteiger partial charge in [0.2, 0.25) is 0 Å². The Balaban J connectivity index is 2.08. The lowest BCUT2D eigenvalue weighted by Crippen LogP contribution is -1.96. The van der Waals surface area contributed by atoms with Crippen LogP contribution in [-0.2, 0) is 0 Å². The number of fused-ring (bicyclic) bond motifs is 1. The third-order valence-corrected chi connectivity index (χ3v) is 3.77. The third kappa shape index (κ3) is 2.80. The lowest BCUT2D eigenvalue weighted by atomic mass is 10.1. The molecule has 3 N–H and O–H groups in total. The molecule has 1 heterocycles. The van der Waals surface area contributed by atoms with E-state index in [0.717, 1.165) is 21.1 Å². The van der Waals surface area contributed by atoms with Crippen LogP contribution >= 0.6 is 27.5 Å². The Labute approximate surface area is 134 Å². The van der Waals surface area contributed by atoms with Crippen molar-refractivity contribution in [1.29, 1.82) is 0 Å². The summed E-state index contributed by atoms with van der Waals surface area (Å²) in [7, 11) is 0. The molecule has 0 radical (unpaired) electrons. The summed E-state index contributed by atoms with van der Waals surface area (Å²) in [5, 5.41) is 4.08. The molecule has 0 aliphatic heterocycles. The van der Waals surface area contributed by atoms with Crippen molar-refractivity contribution in [3.05, 3.63) is 57.9 Å². The minimum Gasteiger partial charge on any atom is -0.398 e. The smallest absolute Gasteiger partial charge is 0.141 e. The van der Waals surface area contributed by atoms with Crippen LogP contribution in [0.15, 0.2) is 47.1 Å². The number of hydrogen-bond donors (Lipinski definition) is 2. The molecule has 6 heteroatoms. The minimum absolute atomic E-state index is 0.0652. The molecule has 0 saturated carbocycles. The van der Waals surface area contributed by atoms with Crippen LogP contribution in [0.3, 0.4) is 0 Å². The van der Waals surface area contributed by atoms with Crippen LogP contribution < -0.4 is 11.1 Å². The van der Waals surface area contributed by atoms with Crippen LogP contribution in [0.1, 0.15) is 0 Å². The van der Waals surface area contributed by atoms with Crippen molar-refractivity contribution in [2.24, 2.45) is 0 Å². The molecule has 0 aliphatic rings. The first kappa shape index (κ1) is 14.1. The van der Waals surface area contributed by atoms with E-state index in [1.807, 2.05) is 12.1 Å². The van der Waals surface area contributed by atoms with Gasteiger partial charge in [0.1, 0.15) is 5.82 Å². The highest BCUT2D eigenvalue weighted by Crippen LogP contribution is 2.31. The van der Waals surface area contributed by atoms with Crippen molar-refractivity contribution < 1.29 is 4.39 Å². The summed E-state index contributed by atoms with van der Waals surface area (Å²) in [4.78, 5) is 4.38. The highest BCUT2D eigenvalue weighted by molar-refractivity contribution is 9.10. The van der Waals surface area contributed by atoms with E-state index in [4.69, 9.17) is 17.3 Å². The molecular formula is C15H10BrClFN3. The first-order valence-electron chi connectivity index (χ1n) is 6.10. The van der Waals surface area contributed by atoms with Crippen LogP contribution in [0.5, 0.6) is 0 Å². The monoisotopic (exact) mass is 365 g/mol. The fourth-order valence-corrected chi connectivity index (χ4v) is 2.56. The Morgan fingerprint density at radius 3 is 2.76 bits per heavy atom. The van der Waals surface area contributed by atoms with E-state index in [0.29, 0.717) is 11.4 Å². The second-order valence-corrected chi connectivity index (χ2v) is 5.83. The second-order valence-electron chi connectivity index (χ2n) is 4.51. The number of nitrogen functional groups attached to an aromatic ring is 1. The number of rotatable bonds is 2. The molecule has 1 aromatic heterocycles. The predicted molar refractivity (Wildman–Crippen MR) is 88.5 cm³/mol. The maximum absolute atomic E-state index is 13.2. The molecule has 0 amide bonds. The largest absolute Gasteiger partial charge is 0.398 e. The molecule has 0 spiro atoms. The van der Waals surface area contributed by atoms with Gasteiger partial charge < -0.3 is 11.1 Å². The first-order chi connectivity index (χ1) is 10.0. The summed E-state index contributed by atoms with van der Waals surface area (Å²) in [5.74, 6) is -0.452. The summed E-state index contributed by atoms with van der Waals surface area (Å²) in [6, 6.07) is 9.98. The predicted octanol–water partition coefficient (Wildman–Crippen LogP) is 5.12. The molecule has 3 nitrogen and oxygen atoms in total. The van der Waals surface area contributed by atoms with E-state index in [2.05, 4.69) is 26.2 Å². The van der Waals surface area contributed by atoms with Gasteiger partial charge in [0.25, 0.3) is 0 Å². The summed E-state index contributed by atoms with van der Waals surface area (Å²) in [6.07, 6.45) is 1.70. The van der Waals surface area contributed by atoms with Crippen LogP contribution in [-0.4, -0.2) is 4.98 Å². The number of nitrogens with two attached hydrogens (primary N) is 1. The molecule has 0 fully saturated rings. The van der Waals surface area contributed by atoms with Gasteiger partial charge in [-0.1, -0.05) is 11.6 Å². The Kier molecular flexibility index (Phi) is 3.69. The zero-order valence-electron chi connectivity index (χ0n) is 10.7. The van der Waals surface area contributed by atoms with Gasteiger partial charge in [0.15, 0.2) is 0 Å². The fourth-order valence-electron chi connectivity index (χ4n) is 2.05. The first-order valence-corrected chi connectivity index (χ1v) is 7.27. The van der Waals surface area contributed by atoms with Gasteiger partial charge in [-0.25, -0.2) is 4.39 Å². The van der Waals surface area contributed by atoms with Crippen molar-refractivity contribution in [3.63, 3.8) is 0 Å². The number of halogens is 3. The molecule has 0 unspecified atom stereocenters. The quantitative estimate of drug-likeness (QED) is 0.619. The number of hydrogen-bond acceptors (Lipinski definition) is 3. The van der Waals surface area contributed by atoms with Crippen molar-refractivity contribution in [2.75, 3.05) is 11.1 Å². The molecule has 0 aliphatic carbocycles. The lowest BCUT2D eigenvalue weighted by Gasteiger charge is -2.11. The highest BCUT2D eigenvalue weighted by atomic mass is 79.9. The van der Waals surface area contributed by atoms with E-state index < -0.39 is 5.82 Å². The molecule has 3 rings (SSSR count). The number of nitrogens with zero attached hydrogens (tertiary/aromatic N) is 1. The van der Waals surface area contributed by atoms with Gasteiger partial charge in [-0.05, 0) is 52.3 Å². The van der Waals surface area contributed by atoms with E-state index in [-0.39, 0.29) is 5.02 Å². The zero-order chi connectivity index (χ0) is 15.0. The van der Waals surface area contributed by atoms with Gasteiger partial charge in [0.05, 0.1) is 16.2 Å². The number of anilines is 3.